The van der Waals surface area contributed by atoms with E-state index in [9.17, 15) is 14.9 Å². The molecule has 0 atom stereocenters. The molecule has 0 saturated carbocycles. The van der Waals surface area contributed by atoms with Crippen molar-refractivity contribution in [3.8, 4) is 5.75 Å². The maximum absolute atomic E-state index is 12.0. The molecule has 1 amide bonds. The number of carbonyl (C=O) groups is 1. The van der Waals surface area contributed by atoms with Gasteiger partial charge in [0.15, 0.2) is 0 Å². The van der Waals surface area contributed by atoms with Gasteiger partial charge >= 0.3 is 0 Å². The summed E-state index contributed by atoms with van der Waals surface area (Å²) in [6.07, 6.45) is 3.06. The second kappa shape index (κ2) is 10.1. The van der Waals surface area contributed by atoms with Crippen LogP contribution in [-0.2, 0) is 4.79 Å². The first-order valence-electron chi connectivity index (χ1n) is 7.93. The monoisotopic (exact) mass is 357 g/mol. The number of rotatable bonds is 7. The van der Waals surface area contributed by atoms with E-state index >= 15 is 0 Å². The second-order valence-corrected chi connectivity index (χ2v) is 5.66. The van der Waals surface area contributed by atoms with E-state index in [1.54, 1.807) is 12.1 Å². The van der Waals surface area contributed by atoms with Crippen LogP contribution in [0.15, 0.2) is 24.3 Å². The van der Waals surface area contributed by atoms with Crippen molar-refractivity contribution in [1.82, 2.24) is 10.2 Å². The highest BCUT2D eigenvalue weighted by Gasteiger charge is 2.23. The standard InChI is InChI=1S/C16H23N3O4.ClH/c1-17-10-2-3-16(20)18-11-8-15(9-12-18)23-14-6-4-13(5-7-14)19(21)22;/h4-7,15,17H,2-3,8-12H2,1H3;1H. The van der Waals surface area contributed by atoms with E-state index in [2.05, 4.69) is 5.32 Å². The first kappa shape index (κ1) is 20.2. The Morgan fingerprint density at radius 2 is 1.96 bits per heavy atom. The molecule has 0 aliphatic carbocycles. The van der Waals surface area contributed by atoms with Crippen LogP contribution in [0.1, 0.15) is 25.7 Å². The molecule has 1 N–H and O–H groups in total. The van der Waals surface area contributed by atoms with Gasteiger partial charge < -0.3 is 15.0 Å². The number of ether oxygens (including phenoxy) is 1. The fraction of sp³-hybridized carbons (Fsp3) is 0.562. The number of hydrogen-bond donors (Lipinski definition) is 1. The van der Waals surface area contributed by atoms with Gasteiger partial charge in [0.25, 0.3) is 5.69 Å². The third kappa shape index (κ3) is 5.98. The number of likely N-dealkylation sites (tertiary alicyclic amines) is 1. The number of nitro benzene ring substituents is 1. The molecule has 24 heavy (non-hydrogen) atoms. The number of amides is 1. The molecule has 0 bridgehead atoms. The first-order chi connectivity index (χ1) is 11.1. The van der Waals surface area contributed by atoms with E-state index < -0.39 is 4.92 Å². The van der Waals surface area contributed by atoms with Gasteiger partial charge in [0, 0.05) is 44.5 Å². The minimum Gasteiger partial charge on any atom is -0.490 e. The van der Waals surface area contributed by atoms with Crippen LogP contribution in [0.25, 0.3) is 0 Å². The molecule has 134 valence electrons. The summed E-state index contributed by atoms with van der Waals surface area (Å²) in [6.45, 7) is 2.26. The fourth-order valence-corrected chi connectivity index (χ4v) is 2.64. The van der Waals surface area contributed by atoms with Crippen LogP contribution in [0.4, 0.5) is 5.69 Å². The van der Waals surface area contributed by atoms with E-state index in [1.165, 1.54) is 12.1 Å². The van der Waals surface area contributed by atoms with Crippen molar-refractivity contribution in [3.63, 3.8) is 0 Å². The van der Waals surface area contributed by atoms with E-state index in [0.29, 0.717) is 25.3 Å². The van der Waals surface area contributed by atoms with Crippen molar-refractivity contribution in [1.29, 1.82) is 0 Å². The summed E-state index contributed by atoms with van der Waals surface area (Å²) in [4.78, 5) is 24.1. The van der Waals surface area contributed by atoms with Crippen molar-refractivity contribution in [2.45, 2.75) is 31.8 Å². The molecule has 1 fully saturated rings. The van der Waals surface area contributed by atoms with Gasteiger partial charge in [0.1, 0.15) is 11.9 Å². The Morgan fingerprint density at radius 1 is 1.33 bits per heavy atom. The van der Waals surface area contributed by atoms with E-state index in [-0.39, 0.29) is 30.1 Å². The van der Waals surface area contributed by atoms with Gasteiger partial charge in [-0.25, -0.2) is 0 Å². The van der Waals surface area contributed by atoms with Crippen LogP contribution in [-0.4, -0.2) is 48.5 Å². The van der Waals surface area contributed by atoms with Gasteiger partial charge in [-0.1, -0.05) is 0 Å². The zero-order valence-electron chi connectivity index (χ0n) is 13.8. The second-order valence-electron chi connectivity index (χ2n) is 5.66. The zero-order chi connectivity index (χ0) is 16.7. The Balaban J connectivity index is 0.00000288. The quantitative estimate of drug-likeness (QED) is 0.460. The van der Waals surface area contributed by atoms with Crippen molar-refractivity contribution in [2.75, 3.05) is 26.7 Å². The summed E-state index contributed by atoms with van der Waals surface area (Å²) in [5.74, 6) is 0.837. The number of benzene rings is 1. The average molecular weight is 358 g/mol. The normalized spacial score (nSPS) is 14.8. The van der Waals surface area contributed by atoms with Gasteiger partial charge in [-0.05, 0) is 32.1 Å². The van der Waals surface area contributed by atoms with Crippen LogP contribution in [0.5, 0.6) is 5.75 Å². The Hall–Kier alpha value is -1.86. The van der Waals surface area contributed by atoms with Gasteiger partial charge in [0.2, 0.25) is 5.91 Å². The molecule has 1 saturated heterocycles. The van der Waals surface area contributed by atoms with Gasteiger partial charge in [0.05, 0.1) is 4.92 Å². The number of nitro groups is 1. The summed E-state index contributed by atoms with van der Waals surface area (Å²) < 4.78 is 5.85. The van der Waals surface area contributed by atoms with Crippen molar-refractivity contribution in [2.24, 2.45) is 0 Å². The summed E-state index contributed by atoms with van der Waals surface area (Å²) in [5, 5.41) is 13.7. The molecular weight excluding hydrogens is 334 g/mol. The Kier molecular flexibility index (Phi) is 8.49. The molecule has 0 unspecified atom stereocenters. The number of hydrogen-bond acceptors (Lipinski definition) is 5. The number of piperidine rings is 1. The highest BCUT2D eigenvalue weighted by molar-refractivity contribution is 5.85. The third-order valence-corrected chi connectivity index (χ3v) is 3.96. The SMILES string of the molecule is CNCCCC(=O)N1CCC(Oc2ccc([N+](=O)[O-])cc2)CC1.Cl. The molecular formula is C16H24ClN3O4. The lowest BCUT2D eigenvalue weighted by molar-refractivity contribution is -0.384. The largest absolute Gasteiger partial charge is 0.490 e. The highest BCUT2D eigenvalue weighted by atomic mass is 35.5. The van der Waals surface area contributed by atoms with Crippen LogP contribution in [0.3, 0.4) is 0 Å². The van der Waals surface area contributed by atoms with E-state index in [0.717, 1.165) is 25.8 Å². The maximum Gasteiger partial charge on any atom is 0.269 e. The minimum atomic E-state index is -0.429. The molecule has 1 aliphatic heterocycles. The highest BCUT2D eigenvalue weighted by Crippen LogP contribution is 2.22. The number of non-ortho nitro benzene ring substituents is 1. The number of carbonyl (C=O) groups excluding carboxylic acids is 1. The summed E-state index contributed by atoms with van der Waals surface area (Å²) in [6, 6.07) is 6.12. The lowest BCUT2D eigenvalue weighted by Gasteiger charge is -2.32. The molecule has 0 aromatic heterocycles. The van der Waals surface area contributed by atoms with Crippen molar-refractivity contribution >= 4 is 24.0 Å². The maximum atomic E-state index is 12.0. The lowest BCUT2D eigenvalue weighted by Crippen LogP contribution is -2.41. The summed E-state index contributed by atoms with van der Waals surface area (Å²) >= 11 is 0. The van der Waals surface area contributed by atoms with Gasteiger partial charge in [-0.2, -0.15) is 0 Å². The molecule has 1 aromatic rings. The average Bonchev–Trinajstić information content (AvgIpc) is 2.56. The number of nitrogens with one attached hydrogen (secondary N) is 1. The van der Waals surface area contributed by atoms with Gasteiger partial charge in [-0.3, -0.25) is 14.9 Å². The molecule has 7 nitrogen and oxygen atoms in total. The smallest absolute Gasteiger partial charge is 0.269 e. The predicted molar refractivity (Wildman–Crippen MR) is 93.7 cm³/mol. The Bertz CT molecular complexity index is 531. The van der Waals surface area contributed by atoms with E-state index in [1.807, 2.05) is 11.9 Å². The van der Waals surface area contributed by atoms with Crippen molar-refractivity contribution < 1.29 is 14.5 Å². The molecule has 1 aromatic carbocycles. The van der Waals surface area contributed by atoms with Crippen LogP contribution in [0, 0.1) is 10.1 Å². The Labute approximate surface area is 147 Å². The number of halogens is 1. The molecule has 0 radical (unpaired) electrons. The van der Waals surface area contributed by atoms with Crippen LogP contribution in [0.2, 0.25) is 0 Å². The van der Waals surface area contributed by atoms with Gasteiger partial charge in [-0.15, -0.1) is 12.4 Å². The molecule has 1 heterocycles. The summed E-state index contributed by atoms with van der Waals surface area (Å²) in [5.41, 5.74) is 0.0549. The van der Waals surface area contributed by atoms with Crippen LogP contribution < -0.4 is 10.1 Å². The molecule has 0 spiro atoms. The van der Waals surface area contributed by atoms with E-state index in [4.69, 9.17) is 4.74 Å². The molecule has 2 rings (SSSR count). The first-order valence-corrected chi connectivity index (χ1v) is 7.93. The minimum absolute atomic E-state index is 0. The lowest BCUT2D eigenvalue weighted by atomic mass is 10.1. The molecule has 8 heteroatoms. The predicted octanol–water partition coefficient (Wildman–Crippen LogP) is 2.39. The third-order valence-electron chi connectivity index (χ3n) is 3.96. The topological polar surface area (TPSA) is 84.7 Å². The summed E-state index contributed by atoms with van der Waals surface area (Å²) in [7, 11) is 1.88. The zero-order valence-corrected chi connectivity index (χ0v) is 14.6. The Morgan fingerprint density at radius 3 is 2.50 bits per heavy atom. The fourth-order valence-electron chi connectivity index (χ4n) is 2.64. The van der Waals surface area contributed by atoms with Crippen LogP contribution >= 0.6 is 12.4 Å². The molecule has 1 aliphatic rings. The van der Waals surface area contributed by atoms with Crippen molar-refractivity contribution in [3.05, 3.63) is 34.4 Å². The number of nitrogens with zero attached hydrogens (tertiary/aromatic N) is 2.